The third kappa shape index (κ3) is 4.12. The predicted octanol–water partition coefficient (Wildman–Crippen LogP) is 2.82. The Labute approximate surface area is 167 Å². The van der Waals surface area contributed by atoms with Crippen LogP contribution in [0, 0.1) is 5.92 Å². The van der Waals surface area contributed by atoms with Gasteiger partial charge in [0.2, 0.25) is 0 Å². The van der Waals surface area contributed by atoms with Crippen molar-refractivity contribution in [3.63, 3.8) is 0 Å². The number of hydrogen-bond acceptors (Lipinski definition) is 4. The molecule has 6 nitrogen and oxygen atoms in total. The second-order valence-corrected chi connectivity index (χ2v) is 8.53. The average molecular weight is 382 g/mol. The summed E-state index contributed by atoms with van der Waals surface area (Å²) in [5, 5.41) is 8.48. The molecule has 3 heterocycles. The molecule has 2 aromatic heterocycles. The smallest absolute Gasteiger partial charge is 0.274 e. The number of carbonyl (C=O) groups excluding carboxylic acids is 1. The van der Waals surface area contributed by atoms with Crippen LogP contribution in [0.2, 0.25) is 0 Å². The first-order valence-electron chi connectivity index (χ1n) is 10.6. The number of fused-ring (bicyclic) bond motifs is 1. The van der Waals surface area contributed by atoms with E-state index in [0.717, 1.165) is 58.3 Å². The molecule has 1 fully saturated rings. The van der Waals surface area contributed by atoms with Gasteiger partial charge >= 0.3 is 0 Å². The molecule has 28 heavy (non-hydrogen) atoms. The van der Waals surface area contributed by atoms with Crippen molar-refractivity contribution >= 4 is 5.91 Å². The lowest BCUT2D eigenvalue weighted by Crippen LogP contribution is -2.35. The van der Waals surface area contributed by atoms with Gasteiger partial charge in [-0.3, -0.25) is 14.5 Å². The van der Waals surface area contributed by atoms with Gasteiger partial charge in [0.15, 0.2) is 5.69 Å². The maximum Gasteiger partial charge on any atom is 0.274 e. The van der Waals surface area contributed by atoms with Crippen LogP contribution in [0.15, 0.2) is 24.5 Å². The highest BCUT2D eigenvalue weighted by Gasteiger charge is 2.31. The number of pyridine rings is 1. The molecule has 1 aliphatic heterocycles. The van der Waals surface area contributed by atoms with Gasteiger partial charge in [-0.15, -0.1) is 0 Å². The third-order valence-electron chi connectivity index (χ3n) is 5.80. The van der Waals surface area contributed by atoms with Gasteiger partial charge < -0.3 is 10.2 Å². The van der Waals surface area contributed by atoms with Crippen molar-refractivity contribution < 1.29 is 4.79 Å². The van der Waals surface area contributed by atoms with Crippen molar-refractivity contribution in [2.45, 2.75) is 65.1 Å². The van der Waals surface area contributed by atoms with E-state index in [0.29, 0.717) is 17.7 Å². The Morgan fingerprint density at radius 3 is 2.86 bits per heavy atom. The second kappa shape index (κ2) is 8.43. The summed E-state index contributed by atoms with van der Waals surface area (Å²) in [4.78, 5) is 19.3. The van der Waals surface area contributed by atoms with Crippen LogP contribution >= 0.6 is 0 Å². The van der Waals surface area contributed by atoms with Gasteiger partial charge in [-0.2, -0.15) is 5.10 Å². The first-order valence-corrected chi connectivity index (χ1v) is 10.6. The van der Waals surface area contributed by atoms with Crippen LogP contribution < -0.4 is 5.32 Å². The zero-order chi connectivity index (χ0) is 19.5. The standard InChI is InChI=1S/C22H31N5O/c1-16(2)15-27-20-8-7-18(24-14-17-6-5-9-23-13-17)12-19(20)21(25-27)22(28)26-10-3-4-11-26/h5-6,9,13,16,18,24H,3-4,7-8,10-12,14-15H2,1-2H3/t18-/m1/s1. The number of nitrogens with zero attached hydrogens (tertiary/aromatic N) is 4. The van der Waals surface area contributed by atoms with Gasteiger partial charge in [0, 0.05) is 55.9 Å². The van der Waals surface area contributed by atoms with Crippen LogP contribution in [0.4, 0.5) is 0 Å². The fourth-order valence-corrected chi connectivity index (χ4v) is 4.37. The van der Waals surface area contributed by atoms with Crippen LogP contribution in [-0.2, 0) is 25.9 Å². The number of carbonyl (C=O) groups is 1. The fourth-order valence-electron chi connectivity index (χ4n) is 4.37. The summed E-state index contributed by atoms with van der Waals surface area (Å²) in [5.41, 5.74) is 4.34. The van der Waals surface area contributed by atoms with Crippen molar-refractivity contribution in [2.24, 2.45) is 5.92 Å². The monoisotopic (exact) mass is 381 g/mol. The molecule has 150 valence electrons. The first-order chi connectivity index (χ1) is 13.6. The Bertz CT molecular complexity index is 808. The molecule has 1 amide bonds. The van der Waals surface area contributed by atoms with E-state index >= 15 is 0 Å². The maximum absolute atomic E-state index is 13.1. The van der Waals surface area contributed by atoms with Gasteiger partial charge in [-0.25, -0.2) is 0 Å². The molecule has 0 saturated carbocycles. The van der Waals surface area contributed by atoms with Crippen molar-refractivity contribution in [3.8, 4) is 0 Å². The summed E-state index contributed by atoms with van der Waals surface area (Å²) in [6.45, 7) is 7.83. The molecule has 0 spiro atoms. The van der Waals surface area contributed by atoms with Crippen LogP contribution in [-0.4, -0.2) is 44.7 Å². The molecule has 6 heteroatoms. The van der Waals surface area contributed by atoms with Crippen molar-refractivity contribution in [2.75, 3.05) is 13.1 Å². The van der Waals surface area contributed by atoms with Crippen LogP contribution in [0.25, 0.3) is 0 Å². The summed E-state index contributed by atoms with van der Waals surface area (Å²) in [6, 6.07) is 4.44. The van der Waals surface area contributed by atoms with Crippen molar-refractivity contribution in [1.82, 2.24) is 25.0 Å². The zero-order valence-electron chi connectivity index (χ0n) is 17.0. The van der Waals surface area contributed by atoms with Gasteiger partial charge in [0.1, 0.15) is 0 Å². The zero-order valence-corrected chi connectivity index (χ0v) is 17.0. The molecule has 4 rings (SSSR count). The Morgan fingerprint density at radius 2 is 2.14 bits per heavy atom. The summed E-state index contributed by atoms with van der Waals surface area (Å²) in [6.07, 6.45) is 8.86. The van der Waals surface area contributed by atoms with E-state index in [1.54, 1.807) is 6.20 Å². The quantitative estimate of drug-likeness (QED) is 0.836. The Balaban J connectivity index is 1.53. The predicted molar refractivity (Wildman–Crippen MR) is 109 cm³/mol. The van der Waals surface area contributed by atoms with E-state index in [9.17, 15) is 4.79 Å². The van der Waals surface area contributed by atoms with Crippen molar-refractivity contribution in [1.29, 1.82) is 0 Å². The van der Waals surface area contributed by atoms with E-state index < -0.39 is 0 Å². The second-order valence-electron chi connectivity index (χ2n) is 8.53. The summed E-state index contributed by atoms with van der Waals surface area (Å²) in [7, 11) is 0. The molecular weight excluding hydrogens is 350 g/mol. The van der Waals surface area contributed by atoms with E-state index in [1.165, 1.54) is 16.8 Å². The molecule has 0 unspecified atom stereocenters. The van der Waals surface area contributed by atoms with Gasteiger partial charge in [0.05, 0.1) is 0 Å². The highest BCUT2D eigenvalue weighted by Crippen LogP contribution is 2.27. The Morgan fingerprint density at radius 1 is 1.32 bits per heavy atom. The fraction of sp³-hybridized carbons (Fsp3) is 0.591. The molecule has 0 bridgehead atoms. The van der Waals surface area contributed by atoms with Crippen molar-refractivity contribution in [3.05, 3.63) is 47.0 Å². The lowest BCUT2D eigenvalue weighted by Gasteiger charge is -2.25. The molecule has 2 aliphatic rings. The topological polar surface area (TPSA) is 63.1 Å². The lowest BCUT2D eigenvalue weighted by atomic mass is 9.90. The highest BCUT2D eigenvalue weighted by molar-refractivity contribution is 5.94. The van der Waals surface area contributed by atoms with E-state index in [1.807, 2.05) is 17.2 Å². The summed E-state index contributed by atoms with van der Waals surface area (Å²) >= 11 is 0. The van der Waals surface area contributed by atoms with Gasteiger partial charge in [-0.1, -0.05) is 19.9 Å². The molecule has 0 radical (unpaired) electrons. The maximum atomic E-state index is 13.1. The number of hydrogen-bond donors (Lipinski definition) is 1. The lowest BCUT2D eigenvalue weighted by molar-refractivity contribution is 0.0784. The minimum atomic E-state index is 0.129. The Hall–Kier alpha value is -2.21. The molecule has 1 atom stereocenters. The molecular formula is C22H31N5O. The molecule has 2 aromatic rings. The molecule has 1 aliphatic carbocycles. The molecule has 1 saturated heterocycles. The van der Waals surface area contributed by atoms with E-state index in [4.69, 9.17) is 5.10 Å². The normalized spacial score (nSPS) is 19.2. The van der Waals surface area contributed by atoms with Gasteiger partial charge in [0.25, 0.3) is 5.91 Å². The van der Waals surface area contributed by atoms with Crippen LogP contribution in [0.3, 0.4) is 0 Å². The number of aromatic nitrogens is 3. The first kappa shape index (κ1) is 19.1. The third-order valence-corrected chi connectivity index (χ3v) is 5.80. The number of amides is 1. The van der Waals surface area contributed by atoms with Crippen LogP contribution in [0.1, 0.15) is 60.4 Å². The van der Waals surface area contributed by atoms with E-state index in [2.05, 4.69) is 34.9 Å². The molecule has 0 aromatic carbocycles. The SMILES string of the molecule is CC(C)Cn1nc(C(=O)N2CCCC2)c2c1CC[C@@H](NCc1cccnc1)C2. The van der Waals surface area contributed by atoms with E-state index in [-0.39, 0.29) is 5.91 Å². The minimum absolute atomic E-state index is 0.129. The largest absolute Gasteiger partial charge is 0.337 e. The average Bonchev–Trinajstić information content (AvgIpc) is 3.35. The summed E-state index contributed by atoms with van der Waals surface area (Å²) in [5.74, 6) is 0.643. The van der Waals surface area contributed by atoms with Crippen LogP contribution in [0.5, 0.6) is 0 Å². The number of likely N-dealkylation sites (tertiary alicyclic amines) is 1. The highest BCUT2D eigenvalue weighted by atomic mass is 16.2. The van der Waals surface area contributed by atoms with Gasteiger partial charge in [-0.05, 0) is 49.7 Å². The minimum Gasteiger partial charge on any atom is -0.337 e. The number of rotatable bonds is 6. The number of nitrogens with one attached hydrogen (secondary N) is 1. The summed E-state index contributed by atoms with van der Waals surface area (Å²) < 4.78 is 2.11. The molecule has 1 N–H and O–H groups in total. The Kier molecular flexibility index (Phi) is 5.76.